The highest BCUT2D eigenvalue weighted by Crippen LogP contribution is 2.66. The number of benzene rings is 1. The molecule has 37 heavy (non-hydrogen) atoms. The minimum absolute atomic E-state index is 0.0743. The van der Waals surface area contributed by atoms with E-state index in [2.05, 4.69) is 15.9 Å². The summed E-state index contributed by atoms with van der Waals surface area (Å²) in [6.45, 7) is 0.188. The molecule has 3 heterocycles. The number of aromatic hydroxyl groups is 1. The molecule has 3 fully saturated rings. The highest BCUT2D eigenvalue weighted by molar-refractivity contribution is 9.09. The molecule has 2 aromatic rings. The number of halogens is 3. The van der Waals surface area contributed by atoms with Gasteiger partial charge in [-0.3, -0.25) is 29.0 Å². The van der Waals surface area contributed by atoms with E-state index in [-0.39, 0.29) is 36.0 Å². The van der Waals surface area contributed by atoms with Crippen LogP contribution in [0.15, 0.2) is 53.4 Å². The summed E-state index contributed by atoms with van der Waals surface area (Å²) in [6, 6.07) is 10.2. The maximum Gasteiger partial charge on any atom is 0.254 e. The first-order valence-corrected chi connectivity index (χ1v) is 14.6. The summed E-state index contributed by atoms with van der Waals surface area (Å²) in [6.07, 6.45) is 2.08. The van der Waals surface area contributed by atoms with Gasteiger partial charge < -0.3 is 5.11 Å². The predicted octanol–water partition coefficient (Wildman–Crippen LogP) is 4.37. The van der Waals surface area contributed by atoms with Gasteiger partial charge in [-0.05, 0) is 36.3 Å². The zero-order valence-electron chi connectivity index (χ0n) is 19.3. The minimum atomic E-state index is -1.92. The fraction of sp³-hybridized carbons (Fsp3) is 0.385. The van der Waals surface area contributed by atoms with Crippen molar-refractivity contribution in [2.45, 2.75) is 35.1 Å². The molecule has 1 aromatic heterocycles. The number of para-hydroxylation sites is 1. The third-order valence-electron chi connectivity index (χ3n) is 8.25. The van der Waals surface area contributed by atoms with Crippen molar-refractivity contribution in [2.24, 2.45) is 17.8 Å². The Hall–Kier alpha value is -2.20. The van der Waals surface area contributed by atoms with Gasteiger partial charge in [0, 0.05) is 16.4 Å². The molecule has 2 aliphatic carbocycles. The molecule has 0 radical (unpaired) electrons. The van der Waals surface area contributed by atoms with E-state index < -0.39 is 45.2 Å². The number of hydrogen-bond acceptors (Lipinski definition) is 6. The molecule has 11 heteroatoms. The number of carbonyl (C=O) groups excluding carboxylic acids is 4. The molecule has 6 rings (SSSR count). The van der Waals surface area contributed by atoms with Crippen LogP contribution >= 0.6 is 50.5 Å². The van der Waals surface area contributed by atoms with Crippen LogP contribution in [0.5, 0.6) is 5.75 Å². The van der Waals surface area contributed by atoms with Gasteiger partial charge in [0.15, 0.2) is 9.75 Å². The van der Waals surface area contributed by atoms with E-state index in [9.17, 15) is 24.3 Å². The Labute approximate surface area is 235 Å². The second-order valence-corrected chi connectivity index (χ2v) is 12.7. The average Bonchev–Trinajstić information content (AvgIpc) is 3.52. The molecule has 6 atom stereocenters. The molecule has 6 unspecified atom stereocenters. The Morgan fingerprint density at radius 3 is 2.43 bits per heavy atom. The summed E-state index contributed by atoms with van der Waals surface area (Å²) >= 11 is 18.9. The first kappa shape index (κ1) is 25.1. The van der Waals surface area contributed by atoms with Gasteiger partial charge >= 0.3 is 0 Å². The summed E-state index contributed by atoms with van der Waals surface area (Å²) in [5.74, 6) is -4.87. The molecular weight excluding hydrogens is 603 g/mol. The minimum Gasteiger partial charge on any atom is -0.508 e. The second-order valence-electron chi connectivity index (χ2n) is 9.89. The molecule has 4 aliphatic rings. The Morgan fingerprint density at radius 2 is 1.76 bits per heavy atom. The van der Waals surface area contributed by atoms with Gasteiger partial charge in [0.05, 0.1) is 23.8 Å². The highest BCUT2D eigenvalue weighted by Gasteiger charge is 2.76. The smallest absolute Gasteiger partial charge is 0.254 e. The van der Waals surface area contributed by atoms with Crippen molar-refractivity contribution in [3.8, 4) is 5.75 Å². The third kappa shape index (κ3) is 3.23. The summed E-state index contributed by atoms with van der Waals surface area (Å²) in [4.78, 5) is 53.8. The fourth-order valence-corrected chi connectivity index (χ4v) is 8.72. The Bertz CT molecular complexity index is 1380. The van der Waals surface area contributed by atoms with Gasteiger partial charge in [0.25, 0.3) is 11.8 Å². The van der Waals surface area contributed by atoms with Crippen LogP contribution in [0.1, 0.15) is 29.2 Å². The SMILES string of the molecule is O=C1C2CC=C3C(CC4(Cl)C(=O)N(CBr)C(=O)C4(Cl)C3c3ccccc3O)C2C(=O)N1Cc1cccs1. The number of thiophene rings is 1. The lowest BCUT2D eigenvalue weighted by atomic mass is 9.56. The van der Waals surface area contributed by atoms with E-state index in [1.165, 1.54) is 22.3 Å². The van der Waals surface area contributed by atoms with Crippen LogP contribution in [0.4, 0.5) is 0 Å². The first-order valence-electron chi connectivity index (χ1n) is 11.8. The van der Waals surface area contributed by atoms with Gasteiger partial charge in [0.1, 0.15) is 5.75 Å². The normalized spacial score (nSPS) is 34.9. The molecule has 1 saturated carbocycles. The second kappa shape index (κ2) is 8.66. The Morgan fingerprint density at radius 1 is 1.00 bits per heavy atom. The lowest BCUT2D eigenvalue weighted by Crippen LogP contribution is -2.60. The summed E-state index contributed by atoms with van der Waals surface area (Å²) < 4.78 is 0. The Balaban J connectivity index is 1.50. The van der Waals surface area contributed by atoms with Gasteiger partial charge in [0.2, 0.25) is 11.8 Å². The van der Waals surface area contributed by atoms with E-state index in [4.69, 9.17) is 23.2 Å². The number of fused-ring (bicyclic) bond motifs is 4. The van der Waals surface area contributed by atoms with Crippen LogP contribution in [0.25, 0.3) is 0 Å². The van der Waals surface area contributed by atoms with Crippen LogP contribution in [-0.4, -0.2) is 53.7 Å². The van der Waals surface area contributed by atoms with Gasteiger partial charge in [-0.1, -0.05) is 51.8 Å². The lowest BCUT2D eigenvalue weighted by Gasteiger charge is -2.50. The molecular formula is C26H21BrCl2N2O5S. The fourth-order valence-electron chi connectivity index (χ4n) is 6.61. The van der Waals surface area contributed by atoms with Crippen LogP contribution in [-0.2, 0) is 25.7 Å². The van der Waals surface area contributed by atoms with E-state index in [0.717, 1.165) is 9.78 Å². The molecule has 2 saturated heterocycles. The number of likely N-dealkylation sites (tertiary alicyclic amines) is 2. The number of amides is 4. The predicted molar refractivity (Wildman–Crippen MR) is 141 cm³/mol. The van der Waals surface area contributed by atoms with Crippen molar-refractivity contribution in [2.75, 3.05) is 5.45 Å². The third-order valence-corrected chi connectivity index (χ3v) is 11.0. The van der Waals surface area contributed by atoms with Crippen molar-refractivity contribution in [3.05, 3.63) is 63.9 Å². The van der Waals surface area contributed by atoms with Crippen molar-refractivity contribution in [1.29, 1.82) is 0 Å². The van der Waals surface area contributed by atoms with E-state index in [1.54, 1.807) is 18.2 Å². The molecule has 1 aromatic carbocycles. The summed E-state index contributed by atoms with van der Waals surface area (Å²) in [5, 5.41) is 12.7. The molecule has 1 N–H and O–H groups in total. The molecule has 0 spiro atoms. The van der Waals surface area contributed by atoms with Crippen molar-refractivity contribution >= 4 is 74.1 Å². The molecule has 4 amide bonds. The monoisotopic (exact) mass is 622 g/mol. The Kier molecular flexibility index (Phi) is 5.87. The van der Waals surface area contributed by atoms with Gasteiger partial charge in [-0.15, -0.1) is 34.5 Å². The topological polar surface area (TPSA) is 95.0 Å². The molecule has 7 nitrogen and oxygen atoms in total. The summed E-state index contributed by atoms with van der Waals surface area (Å²) in [5.41, 5.74) is 0.913. The van der Waals surface area contributed by atoms with Crippen molar-refractivity contribution < 1.29 is 24.3 Å². The van der Waals surface area contributed by atoms with Crippen molar-refractivity contribution in [1.82, 2.24) is 9.80 Å². The van der Waals surface area contributed by atoms with Gasteiger partial charge in [-0.25, -0.2) is 0 Å². The van der Waals surface area contributed by atoms with Crippen LogP contribution in [0.3, 0.4) is 0 Å². The number of alkyl halides is 3. The first-order chi connectivity index (χ1) is 17.6. The number of rotatable bonds is 4. The number of hydrogen-bond donors (Lipinski definition) is 1. The molecule has 192 valence electrons. The largest absolute Gasteiger partial charge is 0.508 e. The van der Waals surface area contributed by atoms with E-state index in [0.29, 0.717) is 17.6 Å². The molecule has 2 aliphatic heterocycles. The lowest BCUT2D eigenvalue weighted by molar-refractivity contribution is -0.141. The van der Waals surface area contributed by atoms with Crippen molar-refractivity contribution in [3.63, 3.8) is 0 Å². The number of allylic oxidation sites excluding steroid dienone is 2. The van der Waals surface area contributed by atoms with E-state index in [1.807, 2.05) is 23.6 Å². The number of phenolic OH excluding ortho intramolecular Hbond substituents is 1. The number of carbonyl (C=O) groups is 4. The summed E-state index contributed by atoms with van der Waals surface area (Å²) in [7, 11) is 0. The zero-order valence-corrected chi connectivity index (χ0v) is 23.2. The molecule has 0 bridgehead atoms. The maximum absolute atomic E-state index is 13.8. The van der Waals surface area contributed by atoms with Crippen LogP contribution in [0.2, 0.25) is 0 Å². The number of imide groups is 2. The van der Waals surface area contributed by atoms with Gasteiger partial charge in [-0.2, -0.15) is 0 Å². The maximum atomic E-state index is 13.8. The zero-order chi connectivity index (χ0) is 26.3. The number of nitrogens with zero attached hydrogens (tertiary/aromatic N) is 2. The standard InChI is InChI=1S/C26H21BrCl2N2O5S/c27-12-31-23(35)25(28)10-17-14(20(26(25,29)24(31)36)15-5-1-2-6-18(15)32)7-8-16-19(17)22(34)30(21(16)33)11-13-4-3-9-37-13/h1-7,9,16-17,19-20,32H,8,10-12H2. The van der Waals surface area contributed by atoms with Crippen LogP contribution < -0.4 is 0 Å². The van der Waals surface area contributed by atoms with Crippen LogP contribution in [0, 0.1) is 17.8 Å². The average molecular weight is 624 g/mol. The quantitative estimate of drug-likeness (QED) is 0.236. The number of phenols is 1. The van der Waals surface area contributed by atoms with E-state index >= 15 is 0 Å². The highest BCUT2D eigenvalue weighted by atomic mass is 79.9.